The van der Waals surface area contributed by atoms with E-state index in [2.05, 4.69) is 25.9 Å². The van der Waals surface area contributed by atoms with Crippen molar-refractivity contribution in [2.75, 3.05) is 32.8 Å². The monoisotopic (exact) mass is 774 g/mol. The van der Waals surface area contributed by atoms with Crippen molar-refractivity contribution in [3.05, 3.63) is 154 Å². The molecule has 1 aliphatic rings. The molecule has 0 aliphatic carbocycles. The van der Waals surface area contributed by atoms with Crippen molar-refractivity contribution in [3.8, 4) is 11.5 Å². The van der Waals surface area contributed by atoms with Crippen LogP contribution in [0.2, 0.25) is 0 Å². The maximum atomic E-state index is 13.3. The molecular formula is C38H37N3O8PSe. The minimum absolute atomic E-state index is 0.0124. The zero-order chi connectivity index (χ0) is 36.0. The standard InChI is InChI=1S/C38H37N3O8PSe/c1-45-30-18-14-28(15-19-30)38(27-12-8-5-9-13-27,29-16-20-31(46-2)21-17-29)47-25-33-32(49-50(3,44)51)24-35(48-33)41-23-22-34(40-37(41)43)39-36(42)26-10-6-4-7-11-26/h4-23,32-33,35H,24-25H2,1-3H3,(H,39,40,42,43)/t32-,33+,35+,50?/m0/s1. The van der Waals surface area contributed by atoms with Crippen LogP contribution < -0.4 is 20.5 Å². The van der Waals surface area contributed by atoms with E-state index >= 15 is 0 Å². The number of methoxy groups -OCH3 is 2. The van der Waals surface area contributed by atoms with E-state index in [4.69, 9.17) is 23.5 Å². The van der Waals surface area contributed by atoms with Gasteiger partial charge in [0.15, 0.2) is 0 Å². The third kappa shape index (κ3) is 8.34. The number of carbonyl (C=O) groups is 1. The molecule has 4 aromatic carbocycles. The zero-order valence-corrected chi connectivity index (χ0v) is 30.8. The average molecular weight is 774 g/mol. The summed E-state index contributed by atoms with van der Waals surface area (Å²) in [6.45, 7) is 1.47. The fourth-order valence-corrected chi connectivity index (χ4v) is 7.55. The number of carbonyl (C=O) groups excluding carboxylic acids is 1. The van der Waals surface area contributed by atoms with Crippen molar-refractivity contribution >= 4 is 33.4 Å². The second-order valence-corrected chi connectivity index (χ2v) is 17.8. The molecule has 6 rings (SSSR count). The number of nitrogens with one attached hydrogen (secondary N) is 1. The summed E-state index contributed by atoms with van der Waals surface area (Å²) in [5.74, 6) is 1.09. The van der Waals surface area contributed by atoms with E-state index in [-0.39, 0.29) is 18.8 Å². The van der Waals surface area contributed by atoms with Crippen LogP contribution in [0.1, 0.15) is 39.7 Å². The van der Waals surface area contributed by atoms with Gasteiger partial charge in [0.05, 0.1) is 14.2 Å². The second-order valence-electron chi connectivity index (χ2n) is 11.9. The second kappa shape index (κ2) is 15.8. The molecule has 1 radical (unpaired) electrons. The number of aromatic nitrogens is 2. The minimum atomic E-state index is -3.13. The third-order valence-electron chi connectivity index (χ3n) is 8.56. The van der Waals surface area contributed by atoms with E-state index in [0.29, 0.717) is 17.1 Å². The maximum absolute atomic E-state index is 13.3. The van der Waals surface area contributed by atoms with E-state index < -0.39 is 41.7 Å². The predicted molar refractivity (Wildman–Crippen MR) is 194 cm³/mol. The van der Waals surface area contributed by atoms with Gasteiger partial charge in [0, 0.05) is 0 Å². The summed E-state index contributed by atoms with van der Waals surface area (Å²) in [6.07, 6.45) is -0.582. The SMILES string of the molecule is COc1ccc(C(OC[C@H]2O[C@@H](n3ccc(NC(=O)c4ccccc4)nc3=O)C[C@@H]2OP(C)(=O)[Se])(c2ccccc2)c2ccc(OC)cc2)cc1. The Kier molecular flexibility index (Phi) is 11.2. The number of anilines is 1. The van der Waals surface area contributed by atoms with Gasteiger partial charge in [-0.2, -0.15) is 0 Å². The molecule has 2 heterocycles. The van der Waals surface area contributed by atoms with Crippen LogP contribution in [-0.2, 0) is 24.2 Å². The molecule has 1 N–H and O–H groups in total. The van der Waals surface area contributed by atoms with Gasteiger partial charge in [-0.1, -0.05) is 18.2 Å². The van der Waals surface area contributed by atoms with Gasteiger partial charge >= 0.3 is 260 Å². The summed E-state index contributed by atoms with van der Waals surface area (Å²) in [6, 6.07) is 32.1. The van der Waals surface area contributed by atoms with E-state index in [0.717, 1.165) is 16.7 Å². The normalized spacial score (nSPS) is 18.5. The Bertz CT molecular complexity index is 1990. The van der Waals surface area contributed by atoms with E-state index in [9.17, 15) is 14.2 Å². The van der Waals surface area contributed by atoms with Gasteiger partial charge in [-0.15, -0.1) is 0 Å². The van der Waals surface area contributed by atoms with Gasteiger partial charge in [-0.05, 0) is 12.1 Å². The number of nitrogens with zero attached hydrogens (tertiary/aromatic N) is 2. The van der Waals surface area contributed by atoms with E-state index in [1.165, 1.54) is 23.5 Å². The van der Waals surface area contributed by atoms with Gasteiger partial charge in [0.25, 0.3) is 0 Å². The molecule has 4 atom stereocenters. The number of hydrogen-bond donors (Lipinski definition) is 1. The first-order valence-corrected chi connectivity index (χ1v) is 20.4. The summed E-state index contributed by atoms with van der Waals surface area (Å²) in [7, 11) is 3.22. The molecule has 1 amide bonds. The Morgan fingerprint density at radius 2 is 1.43 bits per heavy atom. The molecule has 0 spiro atoms. The Morgan fingerprint density at radius 3 is 1.96 bits per heavy atom. The Labute approximate surface area is 303 Å². The average Bonchev–Trinajstić information content (AvgIpc) is 3.53. The molecule has 0 saturated carbocycles. The molecule has 1 aliphatic heterocycles. The first-order chi connectivity index (χ1) is 24.6. The number of benzene rings is 4. The zero-order valence-electron chi connectivity index (χ0n) is 28.2. The molecule has 0 bridgehead atoms. The molecule has 1 saturated heterocycles. The summed E-state index contributed by atoms with van der Waals surface area (Å²) in [5.41, 5.74) is 1.16. The van der Waals surface area contributed by atoms with Crippen LogP contribution in [0.25, 0.3) is 0 Å². The Hall–Kier alpha value is -4.54. The Morgan fingerprint density at radius 1 is 0.882 bits per heavy atom. The van der Waals surface area contributed by atoms with Crippen LogP contribution in [0, 0.1) is 0 Å². The predicted octanol–water partition coefficient (Wildman–Crippen LogP) is 6.19. The van der Waals surface area contributed by atoms with E-state index in [1.54, 1.807) is 44.6 Å². The van der Waals surface area contributed by atoms with Crippen molar-refractivity contribution in [2.24, 2.45) is 0 Å². The molecule has 13 heteroatoms. The molecule has 11 nitrogen and oxygen atoms in total. The van der Waals surface area contributed by atoms with Gasteiger partial charge in [-0.3, -0.25) is 0 Å². The fourth-order valence-electron chi connectivity index (χ4n) is 6.14. The molecule has 1 fully saturated rings. The van der Waals surface area contributed by atoms with Gasteiger partial charge in [0.2, 0.25) is 0 Å². The van der Waals surface area contributed by atoms with Gasteiger partial charge < -0.3 is 0 Å². The third-order valence-corrected chi connectivity index (χ3v) is 9.76. The summed E-state index contributed by atoms with van der Waals surface area (Å²) in [5, 5.41) is 2.66. The van der Waals surface area contributed by atoms with Crippen molar-refractivity contribution < 1.29 is 32.8 Å². The fraction of sp³-hybridized carbons (Fsp3) is 0.237. The van der Waals surface area contributed by atoms with Crippen molar-refractivity contribution in [3.63, 3.8) is 0 Å². The summed E-state index contributed by atoms with van der Waals surface area (Å²) >= 11 is 2.63. The molecule has 1 aromatic heterocycles. The molecule has 263 valence electrons. The van der Waals surface area contributed by atoms with Gasteiger partial charge in [0.1, 0.15) is 0 Å². The van der Waals surface area contributed by atoms with Crippen LogP contribution in [0.15, 0.2) is 126 Å². The number of ether oxygens (including phenoxy) is 4. The number of amides is 1. The van der Waals surface area contributed by atoms with Gasteiger partial charge in [-0.25, -0.2) is 0 Å². The van der Waals surface area contributed by atoms with Crippen molar-refractivity contribution in [1.29, 1.82) is 0 Å². The molecule has 51 heavy (non-hydrogen) atoms. The molecular weight excluding hydrogens is 736 g/mol. The molecule has 1 unspecified atom stereocenters. The number of hydrogen-bond acceptors (Lipinski definition) is 9. The van der Waals surface area contributed by atoms with Crippen molar-refractivity contribution in [2.45, 2.75) is 30.5 Å². The van der Waals surface area contributed by atoms with Crippen molar-refractivity contribution in [1.82, 2.24) is 9.55 Å². The van der Waals surface area contributed by atoms with Crippen LogP contribution in [-0.4, -0.2) is 70.7 Å². The van der Waals surface area contributed by atoms with Crippen LogP contribution in [0.4, 0.5) is 5.82 Å². The topological polar surface area (TPSA) is 127 Å². The van der Waals surface area contributed by atoms with Crippen LogP contribution >= 0.6 is 6.06 Å². The van der Waals surface area contributed by atoms with Crippen LogP contribution in [0.5, 0.6) is 11.5 Å². The van der Waals surface area contributed by atoms with E-state index in [1.807, 2.05) is 78.9 Å². The summed E-state index contributed by atoms with van der Waals surface area (Å²) < 4.78 is 44.7. The first-order valence-electron chi connectivity index (χ1n) is 16.2. The molecule has 5 aromatic rings. The van der Waals surface area contributed by atoms with Crippen LogP contribution in [0.3, 0.4) is 0 Å². The summed E-state index contributed by atoms with van der Waals surface area (Å²) in [4.78, 5) is 30.0. The first kappa shape index (κ1) is 36.3. The quantitative estimate of drug-likeness (QED) is 0.0848. The Balaban J connectivity index is 1.33. The number of rotatable bonds is 13.